The van der Waals surface area contributed by atoms with Gasteiger partial charge in [0.1, 0.15) is 0 Å². The Hall–Kier alpha value is -1.46. The highest BCUT2D eigenvalue weighted by atomic mass is 35.5. The number of nitrogens with one attached hydrogen (secondary N) is 2. The second-order valence-electron chi connectivity index (χ2n) is 5.88. The molecule has 8 heteroatoms. The molecule has 27 heavy (non-hydrogen) atoms. The first kappa shape index (κ1) is 21.8. The summed E-state index contributed by atoms with van der Waals surface area (Å²) in [6, 6.07) is 9.32. The number of hydrogen-bond acceptors (Lipinski definition) is 2. The van der Waals surface area contributed by atoms with E-state index in [1.54, 1.807) is 24.3 Å². The SMILES string of the molecule is CC[C@H](CCNC(=O)c1ccc(Cl)c(Cl)c1)NC(=O)c1ccc(Cl)c(Cl)c1. The van der Waals surface area contributed by atoms with Crippen LogP contribution in [0, 0.1) is 0 Å². The van der Waals surface area contributed by atoms with Gasteiger partial charge in [-0.25, -0.2) is 0 Å². The van der Waals surface area contributed by atoms with E-state index in [1.165, 1.54) is 12.1 Å². The maximum absolute atomic E-state index is 12.3. The van der Waals surface area contributed by atoms with Gasteiger partial charge in [-0.3, -0.25) is 9.59 Å². The minimum atomic E-state index is -0.251. The van der Waals surface area contributed by atoms with E-state index in [1.807, 2.05) is 6.92 Å². The van der Waals surface area contributed by atoms with Crippen LogP contribution in [-0.4, -0.2) is 24.4 Å². The van der Waals surface area contributed by atoms with Crippen LogP contribution in [0.5, 0.6) is 0 Å². The molecule has 0 saturated heterocycles. The van der Waals surface area contributed by atoms with Crippen molar-refractivity contribution in [2.45, 2.75) is 25.8 Å². The summed E-state index contributed by atoms with van der Waals surface area (Å²) < 4.78 is 0. The average Bonchev–Trinajstić information content (AvgIpc) is 2.65. The van der Waals surface area contributed by atoms with Crippen molar-refractivity contribution in [3.63, 3.8) is 0 Å². The molecular formula is C19H18Cl4N2O2. The molecular weight excluding hydrogens is 430 g/mol. The summed E-state index contributed by atoms with van der Waals surface area (Å²) in [6.45, 7) is 2.36. The van der Waals surface area contributed by atoms with Crippen molar-refractivity contribution in [3.8, 4) is 0 Å². The van der Waals surface area contributed by atoms with Gasteiger partial charge in [0.2, 0.25) is 0 Å². The van der Waals surface area contributed by atoms with Crippen molar-refractivity contribution >= 4 is 58.2 Å². The van der Waals surface area contributed by atoms with Crippen LogP contribution in [0.1, 0.15) is 40.5 Å². The summed E-state index contributed by atoms with van der Waals surface area (Å²) >= 11 is 23.6. The smallest absolute Gasteiger partial charge is 0.251 e. The van der Waals surface area contributed by atoms with Gasteiger partial charge in [-0.2, -0.15) is 0 Å². The Morgan fingerprint density at radius 1 is 0.852 bits per heavy atom. The highest BCUT2D eigenvalue weighted by molar-refractivity contribution is 6.42. The molecule has 2 aromatic carbocycles. The predicted octanol–water partition coefficient (Wildman–Crippen LogP) is 5.63. The minimum Gasteiger partial charge on any atom is -0.352 e. The Morgan fingerprint density at radius 3 is 1.85 bits per heavy atom. The van der Waals surface area contributed by atoms with Crippen molar-refractivity contribution in [2.24, 2.45) is 0 Å². The van der Waals surface area contributed by atoms with E-state index >= 15 is 0 Å². The number of benzene rings is 2. The molecule has 0 aliphatic rings. The fourth-order valence-electron chi connectivity index (χ4n) is 2.38. The number of hydrogen-bond donors (Lipinski definition) is 2. The topological polar surface area (TPSA) is 58.2 Å². The van der Waals surface area contributed by atoms with Crippen LogP contribution in [0.25, 0.3) is 0 Å². The fraction of sp³-hybridized carbons (Fsp3) is 0.263. The van der Waals surface area contributed by atoms with Gasteiger partial charge in [0, 0.05) is 23.7 Å². The Morgan fingerprint density at radius 2 is 1.37 bits per heavy atom. The Bertz CT molecular complexity index is 842. The van der Waals surface area contributed by atoms with Crippen LogP contribution >= 0.6 is 46.4 Å². The van der Waals surface area contributed by atoms with Crippen LogP contribution in [0.3, 0.4) is 0 Å². The van der Waals surface area contributed by atoms with Gasteiger partial charge in [-0.05, 0) is 49.2 Å². The molecule has 2 amide bonds. The molecule has 0 heterocycles. The maximum atomic E-state index is 12.3. The molecule has 0 aliphatic heterocycles. The molecule has 0 unspecified atom stereocenters. The largest absolute Gasteiger partial charge is 0.352 e. The van der Waals surface area contributed by atoms with Gasteiger partial charge >= 0.3 is 0 Å². The first-order chi connectivity index (χ1) is 12.8. The Balaban J connectivity index is 1.87. The molecule has 2 rings (SSSR count). The summed E-state index contributed by atoms with van der Waals surface area (Å²) in [5.41, 5.74) is 0.861. The van der Waals surface area contributed by atoms with Gasteiger partial charge in [-0.15, -0.1) is 0 Å². The van der Waals surface area contributed by atoms with Crippen LogP contribution in [-0.2, 0) is 0 Å². The Kier molecular flexibility index (Phi) is 8.24. The summed E-state index contributed by atoms with van der Waals surface area (Å²) in [5, 5.41) is 7.17. The van der Waals surface area contributed by atoms with E-state index < -0.39 is 0 Å². The Labute approximate surface area is 178 Å². The summed E-state index contributed by atoms with van der Waals surface area (Å²) in [5.74, 6) is -0.490. The van der Waals surface area contributed by atoms with E-state index in [4.69, 9.17) is 46.4 Å². The molecule has 2 aromatic rings. The van der Waals surface area contributed by atoms with E-state index in [0.717, 1.165) is 6.42 Å². The zero-order valence-electron chi connectivity index (χ0n) is 14.5. The average molecular weight is 448 g/mol. The monoisotopic (exact) mass is 446 g/mol. The lowest BCUT2D eigenvalue weighted by molar-refractivity contribution is 0.0932. The molecule has 0 aliphatic carbocycles. The van der Waals surface area contributed by atoms with Crippen molar-refractivity contribution < 1.29 is 9.59 Å². The second-order valence-corrected chi connectivity index (χ2v) is 7.51. The van der Waals surface area contributed by atoms with E-state index in [-0.39, 0.29) is 17.9 Å². The van der Waals surface area contributed by atoms with Crippen molar-refractivity contribution in [1.29, 1.82) is 0 Å². The lowest BCUT2D eigenvalue weighted by Gasteiger charge is -2.17. The lowest BCUT2D eigenvalue weighted by atomic mass is 10.1. The quantitative estimate of drug-likeness (QED) is 0.577. The standard InChI is InChI=1S/C19H18Cl4N2O2/c1-2-13(25-19(27)12-4-6-15(21)17(23)10-12)7-8-24-18(26)11-3-5-14(20)16(22)9-11/h3-6,9-10,13H,2,7-8H2,1H3,(H,24,26)(H,25,27)/t13-/m1/s1. The number of carbonyl (C=O) groups excluding carboxylic acids is 2. The molecule has 144 valence electrons. The van der Waals surface area contributed by atoms with Crippen LogP contribution in [0.2, 0.25) is 20.1 Å². The van der Waals surface area contributed by atoms with Gasteiger partial charge < -0.3 is 10.6 Å². The molecule has 4 nitrogen and oxygen atoms in total. The lowest BCUT2D eigenvalue weighted by Crippen LogP contribution is -2.37. The normalized spacial score (nSPS) is 11.7. The zero-order chi connectivity index (χ0) is 20.0. The third-order valence-electron chi connectivity index (χ3n) is 3.97. The van der Waals surface area contributed by atoms with Gasteiger partial charge in [-0.1, -0.05) is 53.3 Å². The zero-order valence-corrected chi connectivity index (χ0v) is 17.5. The second kappa shape index (κ2) is 10.2. The molecule has 0 radical (unpaired) electrons. The summed E-state index contributed by atoms with van der Waals surface area (Å²) in [6.07, 6.45) is 1.30. The maximum Gasteiger partial charge on any atom is 0.251 e. The highest BCUT2D eigenvalue weighted by Crippen LogP contribution is 2.23. The van der Waals surface area contributed by atoms with Crippen LogP contribution in [0.4, 0.5) is 0 Å². The van der Waals surface area contributed by atoms with Gasteiger partial charge in [0.05, 0.1) is 20.1 Å². The highest BCUT2D eigenvalue weighted by Gasteiger charge is 2.14. The van der Waals surface area contributed by atoms with Crippen molar-refractivity contribution in [3.05, 3.63) is 67.6 Å². The van der Waals surface area contributed by atoms with Gasteiger partial charge in [0.15, 0.2) is 0 Å². The van der Waals surface area contributed by atoms with E-state index in [0.29, 0.717) is 44.2 Å². The first-order valence-corrected chi connectivity index (χ1v) is 9.82. The minimum absolute atomic E-state index is 0.0962. The van der Waals surface area contributed by atoms with Crippen LogP contribution < -0.4 is 10.6 Å². The van der Waals surface area contributed by atoms with E-state index in [9.17, 15) is 9.59 Å². The van der Waals surface area contributed by atoms with E-state index in [2.05, 4.69) is 10.6 Å². The third-order valence-corrected chi connectivity index (χ3v) is 5.45. The molecule has 0 fully saturated rings. The summed E-state index contributed by atoms with van der Waals surface area (Å²) in [4.78, 5) is 24.5. The number of amides is 2. The van der Waals surface area contributed by atoms with Crippen molar-refractivity contribution in [2.75, 3.05) is 6.54 Å². The number of halogens is 4. The molecule has 0 aromatic heterocycles. The molecule has 2 N–H and O–H groups in total. The van der Waals surface area contributed by atoms with Gasteiger partial charge in [0.25, 0.3) is 11.8 Å². The molecule has 0 bridgehead atoms. The predicted molar refractivity (Wildman–Crippen MR) is 111 cm³/mol. The molecule has 0 spiro atoms. The van der Waals surface area contributed by atoms with Crippen LogP contribution in [0.15, 0.2) is 36.4 Å². The number of rotatable bonds is 7. The fourth-order valence-corrected chi connectivity index (χ4v) is 2.98. The molecule has 1 atom stereocenters. The van der Waals surface area contributed by atoms with Crippen molar-refractivity contribution in [1.82, 2.24) is 10.6 Å². The summed E-state index contributed by atoms with van der Waals surface area (Å²) in [7, 11) is 0. The molecule has 0 saturated carbocycles. The first-order valence-electron chi connectivity index (χ1n) is 8.31. The number of carbonyl (C=O) groups is 2. The third kappa shape index (κ3) is 6.28.